The number of hydrogen-bond acceptors (Lipinski definition) is 4. The molecule has 8 heteroatoms. The van der Waals surface area contributed by atoms with E-state index in [2.05, 4.69) is 10.6 Å². The van der Waals surface area contributed by atoms with Crippen molar-refractivity contribution in [1.82, 2.24) is 15.5 Å². The minimum atomic E-state index is -0.735. The summed E-state index contributed by atoms with van der Waals surface area (Å²) in [7, 11) is 1.56. The second-order valence-electron chi connectivity index (χ2n) is 8.16. The van der Waals surface area contributed by atoms with Crippen LogP contribution in [0.3, 0.4) is 0 Å². The number of piperidine rings is 1. The first-order chi connectivity index (χ1) is 15.9. The molecule has 0 spiro atoms. The van der Waals surface area contributed by atoms with E-state index >= 15 is 0 Å². The van der Waals surface area contributed by atoms with Crippen molar-refractivity contribution < 1.29 is 19.1 Å². The number of aryl methyl sites for hydroxylation is 1. The fourth-order valence-electron chi connectivity index (χ4n) is 4.07. The van der Waals surface area contributed by atoms with Crippen molar-refractivity contribution >= 4 is 29.3 Å². The third kappa shape index (κ3) is 6.33. The van der Waals surface area contributed by atoms with Gasteiger partial charge in [0, 0.05) is 32.3 Å². The van der Waals surface area contributed by atoms with Crippen LogP contribution >= 0.6 is 11.6 Å². The molecule has 0 unspecified atom stereocenters. The van der Waals surface area contributed by atoms with Crippen LogP contribution in [0.5, 0.6) is 0 Å². The first kappa shape index (κ1) is 24.7. The van der Waals surface area contributed by atoms with E-state index in [1.54, 1.807) is 31.4 Å². The summed E-state index contributed by atoms with van der Waals surface area (Å²) in [5.41, 5.74) is 1.95. The Morgan fingerprint density at radius 2 is 1.70 bits per heavy atom. The molecule has 0 bridgehead atoms. The number of halogens is 1. The van der Waals surface area contributed by atoms with Gasteiger partial charge in [-0.25, -0.2) is 0 Å². The Hall–Kier alpha value is -2.90. The first-order valence-corrected chi connectivity index (χ1v) is 11.5. The zero-order valence-electron chi connectivity index (χ0n) is 19.0. The summed E-state index contributed by atoms with van der Waals surface area (Å²) in [6.07, 6.45) is 1.20. The van der Waals surface area contributed by atoms with Crippen LogP contribution in [0.1, 0.15) is 39.1 Å². The fourth-order valence-corrected chi connectivity index (χ4v) is 4.29. The molecule has 2 aromatic carbocycles. The maximum atomic E-state index is 13.0. The lowest BCUT2D eigenvalue weighted by Gasteiger charge is -2.36. The highest BCUT2D eigenvalue weighted by Gasteiger charge is 2.34. The van der Waals surface area contributed by atoms with E-state index in [1.165, 1.54) is 0 Å². The van der Waals surface area contributed by atoms with Gasteiger partial charge < -0.3 is 20.3 Å². The van der Waals surface area contributed by atoms with E-state index in [1.807, 2.05) is 36.1 Å². The smallest absolute Gasteiger partial charge is 0.254 e. The molecular weight excluding hydrogens is 442 g/mol. The van der Waals surface area contributed by atoms with Gasteiger partial charge in [0.15, 0.2) is 0 Å². The predicted molar refractivity (Wildman–Crippen MR) is 127 cm³/mol. The molecule has 3 rings (SSSR count). The molecule has 33 heavy (non-hydrogen) atoms. The Morgan fingerprint density at radius 1 is 1.06 bits per heavy atom. The topological polar surface area (TPSA) is 87.7 Å². The average molecular weight is 472 g/mol. The van der Waals surface area contributed by atoms with Gasteiger partial charge in [-0.2, -0.15) is 0 Å². The summed E-state index contributed by atoms with van der Waals surface area (Å²) >= 11 is 6.17. The van der Waals surface area contributed by atoms with Gasteiger partial charge in [-0.3, -0.25) is 14.4 Å². The van der Waals surface area contributed by atoms with Crippen molar-refractivity contribution in [2.75, 3.05) is 33.4 Å². The summed E-state index contributed by atoms with van der Waals surface area (Å²) in [4.78, 5) is 40.6. The number of methoxy groups -OCH3 is 1. The highest BCUT2D eigenvalue weighted by Crippen LogP contribution is 2.24. The summed E-state index contributed by atoms with van der Waals surface area (Å²) < 4.78 is 5.01. The molecule has 176 valence electrons. The number of nitrogens with zero attached hydrogens (tertiary/aromatic N) is 1. The number of benzene rings is 2. The number of amides is 3. The van der Waals surface area contributed by atoms with Crippen LogP contribution in [0.25, 0.3) is 0 Å². The lowest BCUT2D eigenvalue weighted by molar-refractivity contribution is -0.124. The third-order valence-corrected chi connectivity index (χ3v) is 6.30. The number of rotatable bonds is 8. The Kier molecular flexibility index (Phi) is 8.86. The van der Waals surface area contributed by atoms with E-state index in [9.17, 15) is 14.4 Å². The van der Waals surface area contributed by atoms with Crippen LogP contribution in [0, 0.1) is 12.8 Å². The Balaban J connectivity index is 1.70. The lowest BCUT2D eigenvalue weighted by Crippen LogP contribution is -2.54. The molecule has 7 nitrogen and oxygen atoms in total. The molecule has 2 N–H and O–H groups in total. The summed E-state index contributed by atoms with van der Waals surface area (Å²) in [6, 6.07) is 13.5. The third-order valence-electron chi connectivity index (χ3n) is 5.97. The summed E-state index contributed by atoms with van der Waals surface area (Å²) in [5, 5.41) is 6.03. The van der Waals surface area contributed by atoms with E-state index in [4.69, 9.17) is 16.3 Å². The molecule has 0 aromatic heterocycles. The standard InChI is InChI=1S/C25H30ClN3O4/c1-17-7-3-4-8-19(17)25(32)29-14-11-18(12-15-29)22(24(31)27-13-16-33-2)28-23(30)20-9-5-6-10-21(20)26/h3-10,18,22H,11-16H2,1-2H3,(H,27,31)(H,28,30)/t22-/m1/s1. The SMILES string of the molecule is COCCNC(=O)[C@H](NC(=O)c1ccccc1Cl)C1CCN(C(=O)c2ccccc2C)CC1. The van der Waals surface area contributed by atoms with Gasteiger partial charge in [-0.05, 0) is 49.4 Å². The van der Waals surface area contributed by atoms with Crippen molar-refractivity contribution in [3.05, 3.63) is 70.2 Å². The molecule has 1 saturated heterocycles. The second kappa shape index (κ2) is 11.8. The molecule has 1 aliphatic heterocycles. The van der Waals surface area contributed by atoms with Crippen molar-refractivity contribution in [2.45, 2.75) is 25.8 Å². The maximum Gasteiger partial charge on any atom is 0.254 e. The summed E-state index contributed by atoms with van der Waals surface area (Å²) in [5.74, 6) is -0.783. The highest BCUT2D eigenvalue weighted by atomic mass is 35.5. The van der Waals surface area contributed by atoms with Gasteiger partial charge in [0.25, 0.3) is 11.8 Å². The van der Waals surface area contributed by atoms with Crippen molar-refractivity contribution in [2.24, 2.45) is 5.92 Å². The fraction of sp³-hybridized carbons (Fsp3) is 0.400. The minimum Gasteiger partial charge on any atom is -0.383 e. The van der Waals surface area contributed by atoms with Crippen LogP contribution in [-0.4, -0.2) is 62.0 Å². The quantitative estimate of drug-likeness (QED) is 0.579. The molecule has 0 radical (unpaired) electrons. The normalized spacial score (nSPS) is 15.1. The van der Waals surface area contributed by atoms with E-state index in [0.717, 1.165) is 5.56 Å². The summed E-state index contributed by atoms with van der Waals surface area (Å²) in [6.45, 7) is 3.67. The average Bonchev–Trinajstić information content (AvgIpc) is 2.83. The number of carbonyl (C=O) groups excluding carboxylic acids is 3. The zero-order chi connectivity index (χ0) is 23.8. The van der Waals surface area contributed by atoms with Gasteiger partial charge >= 0.3 is 0 Å². The van der Waals surface area contributed by atoms with Crippen molar-refractivity contribution in [1.29, 1.82) is 0 Å². The number of hydrogen-bond donors (Lipinski definition) is 2. The molecule has 1 heterocycles. The molecule has 0 saturated carbocycles. The van der Waals surface area contributed by atoms with Gasteiger partial charge in [-0.1, -0.05) is 41.9 Å². The van der Waals surface area contributed by atoms with Gasteiger partial charge in [-0.15, -0.1) is 0 Å². The highest BCUT2D eigenvalue weighted by molar-refractivity contribution is 6.33. The lowest BCUT2D eigenvalue weighted by atomic mass is 9.88. The van der Waals surface area contributed by atoms with Gasteiger partial charge in [0.2, 0.25) is 5.91 Å². The molecular formula is C25H30ClN3O4. The van der Waals surface area contributed by atoms with Gasteiger partial charge in [0.05, 0.1) is 17.2 Å². The number of nitrogens with one attached hydrogen (secondary N) is 2. The van der Waals surface area contributed by atoms with Crippen LogP contribution in [0.4, 0.5) is 0 Å². The number of likely N-dealkylation sites (tertiary alicyclic amines) is 1. The zero-order valence-corrected chi connectivity index (χ0v) is 19.7. The maximum absolute atomic E-state index is 13.0. The minimum absolute atomic E-state index is 0.00671. The van der Waals surface area contributed by atoms with Crippen LogP contribution in [0.15, 0.2) is 48.5 Å². The number of carbonyl (C=O) groups is 3. The predicted octanol–water partition coefficient (Wildman–Crippen LogP) is 3.06. The second-order valence-corrected chi connectivity index (χ2v) is 8.57. The first-order valence-electron chi connectivity index (χ1n) is 11.1. The molecule has 0 aliphatic carbocycles. The number of ether oxygens (including phenoxy) is 1. The van der Waals surface area contributed by atoms with Crippen LogP contribution < -0.4 is 10.6 Å². The van der Waals surface area contributed by atoms with Crippen LogP contribution in [-0.2, 0) is 9.53 Å². The van der Waals surface area contributed by atoms with Gasteiger partial charge in [0.1, 0.15) is 6.04 Å². The van der Waals surface area contributed by atoms with Crippen molar-refractivity contribution in [3.8, 4) is 0 Å². The Morgan fingerprint density at radius 3 is 2.33 bits per heavy atom. The van der Waals surface area contributed by atoms with E-state index < -0.39 is 11.9 Å². The Bertz CT molecular complexity index is 989. The molecule has 1 fully saturated rings. The molecule has 3 amide bonds. The molecule has 2 aromatic rings. The molecule has 1 atom stereocenters. The van der Waals surface area contributed by atoms with E-state index in [0.29, 0.717) is 55.2 Å². The van der Waals surface area contributed by atoms with Crippen LogP contribution in [0.2, 0.25) is 5.02 Å². The van der Waals surface area contributed by atoms with E-state index in [-0.39, 0.29) is 17.7 Å². The van der Waals surface area contributed by atoms with Crippen molar-refractivity contribution in [3.63, 3.8) is 0 Å². The Labute approximate surface area is 199 Å². The molecule has 1 aliphatic rings. The monoisotopic (exact) mass is 471 g/mol. The largest absolute Gasteiger partial charge is 0.383 e.